The molecule has 0 aliphatic rings. The first-order valence-electron chi connectivity index (χ1n) is 5.79. The first kappa shape index (κ1) is 12.9. The van der Waals surface area contributed by atoms with Gasteiger partial charge in [-0.05, 0) is 37.5 Å². The van der Waals surface area contributed by atoms with Crippen LogP contribution in [0.25, 0.3) is 0 Å². The van der Waals surface area contributed by atoms with Gasteiger partial charge < -0.3 is 4.74 Å². The lowest BCUT2D eigenvalue weighted by Crippen LogP contribution is -2.07. The summed E-state index contributed by atoms with van der Waals surface area (Å²) >= 11 is 0. The molecule has 0 bridgehead atoms. The number of benzene rings is 1. The fourth-order valence-corrected chi connectivity index (χ4v) is 1.56. The zero-order valence-corrected chi connectivity index (χ0v) is 10.4. The quantitative estimate of drug-likeness (QED) is 0.689. The van der Waals surface area contributed by atoms with Crippen molar-refractivity contribution in [3.8, 4) is 0 Å². The maximum Gasteiger partial charge on any atom is 0.139 e. The molecular weight excluding hydrogens is 200 g/mol. The summed E-state index contributed by atoms with van der Waals surface area (Å²) in [7, 11) is 0. The van der Waals surface area contributed by atoms with E-state index < -0.39 is 0 Å². The molecule has 0 spiro atoms. The number of rotatable bonds is 6. The van der Waals surface area contributed by atoms with Crippen LogP contribution in [-0.2, 0) is 16.0 Å². The average Bonchev–Trinajstić information content (AvgIpc) is 2.24. The number of hydrogen-bond donors (Lipinski definition) is 0. The molecule has 1 aromatic carbocycles. The number of aryl methyl sites for hydroxylation is 2. The third kappa shape index (κ3) is 4.15. The Kier molecular flexibility index (Phi) is 5.20. The van der Waals surface area contributed by atoms with Crippen LogP contribution in [0.2, 0.25) is 0 Å². The van der Waals surface area contributed by atoms with E-state index in [1.165, 1.54) is 11.1 Å². The van der Waals surface area contributed by atoms with Crippen LogP contribution in [-0.4, -0.2) is 19.0 Å². The molecule has 0 aromatic heterocycles. The highest BCUT2D eigenvalue weighted by molar-refractivity contribution is 5.81. The third-order valence-corrected chi connectivity index (χ3v) is 2.70. The molecule has 0 atom stereocenters. The van der Waals surface area contributed by atoms with Gasteiger partial charge in [0.15, 0.2) is 0 Å². The highest BCUT2D eigenvalue weighted by Crippen LogP contribution is 2.11. The molecule has 0 saturated heterocycles. The van der Waals surface area contributed by atoms with Crippen molar-refractivity contribution in [1.82, 2.24) is 0 Å². The number of carbonyl (C=O) groups is 1. The molecule has 0 saturated carbocycles. The van der Waals surface area contributed by atoms with E-state index in [0.717, 1.165) is 5.56 Å². The van der Waals surface area contributed by atoms with Crippen LogP contribution in [0.15, 0.2) is 18.2 Å². The minimum Gasteiger partial charge on any atom is -0.381 e. The zero-order valence-electron chi connectivity index (χ0n) is 10.4. The minimum atomic E-state index is 0.247. The first-order chi connectivity index (χ1) is 7.63. The molecule has 16 heavy (non-hydrogen) atoms. The molecule has 2 heteroatoms. The fraction of sp³-hybridized carbons (Fsp3) is 0.500. The lowest BCUT2D eigenvalue weighted by Gasteiger charge is -2.05. The Bertz CT molecular complexity index is 356. The fourth-order valence-electron chi connectivity index (χ4n) is 1.56. The molecule has 0 aliphatic carbocycles. The predicted molar refractivity (Wildman–Crippen MR) is 65.7 cm³/mol. The van der Waals surface area contributed by atoms with E-state index in [1.807, 2.05) is 13.0 Å². The molecule has 0 unspecified atom stereocenters. The van der Waals surface area contributed by atoms with Gasteiger partial charge in [0, 0.05) is 19.4 Å². The van der Waals surface area contributed by atoms with Gasteiger partial charge in [-0.2, -0.15) is 0 Å². The first-order valence-corrected chi connectivity index (χ1v) is 5.79. The van der Waals surface area contributed by atoms with Gasteiger partial charge in [0.25, 0.3) is 0 Å². The van der Waals surface area contributed by atoms with Gasteiger partial charge in [-0.15, -0.1) is 0 Å². The van der Waals surface area contributed by atoms with Crippen molar-refractivity contribution in [1.29, 1.82) is 0 Å². The maximum absolute atomic E-state index is 11.6. The zero-order chi connectivity index (χ0) is 12.0. The standard InChI is InChI=1S/C14H20O2/c1-4-16-8-7-14(15)10-13-6-5-11(2)12(3)9-13/h5-6,9H,4,7-8,10H2,1-3H3. The molecular formula is C14H20O2. The molecule has 88 valence electrons. The molecule has 0 N–H and O–H groups in total. The van der Waals surface area contributed by atoms with Gasteiger partial charge >= 0.3 is 0 Å². The Labute approximate surface area is 97.6 Å². The van der Waals surface area contributed by atoms with Crippen molar-refractivity contribution in [2.24, 2.45) is 0 Å². The third-order valence-electron chi connectivity index (χ3n) is 2.70. The van der Waals surface area contributed by atoms with E-state index in [1.54, 1.807) is 0 Å². The van der Waals surface area contributed by atoms with Crippen molar-refractivity contribution in [3.05, 3.63) is 34.9 Å². The second-order valence-corrected chi connectivity index (χ2v) is 4.08. The highest BCUT2D eigenvalue weighted by Gasteiger charge is 2.04. The number of hydrogen-bond acceptors (Lipinski definition) is 2. The summed E-state index contributed by atoms with van der Waals surface area (Å²) in [4.78, 5) is 11.6. The second-order valence-electron chi connectivity index (χ2n) is 4.08. The highest BCUT2D eigenvalue weighted by atomic mass is 16.5. The van der Waals surface area contributed by atoms with Crippen molar-refractivity contribution in [2.75, 3.05) is 13.2 Å². The second kappa shape index (κ2) is 6.44. The number of ether oxygens (including phenoxy) is 1. The summed E-state index contributed by atoms with van der Waals surface area (Å²) in [5.74, 6) is 0.247. The molecule has 0 fully saturated rings. The van der Waals surface area contributed by atoms with Gasteiger partial charge in [0.2, 0.25) is 0 Å². The lowest BCUT2D eigenvalue weighted by atomic mass is 10.0. The summed E-state index contributed by atoms with van der Waals surface area (Å²) < 4.78 is 5.16. The monoisotopic (exact) mass is 220 g/mol. The summed E-state index contributed by atoms with van der Waals surface area (Å²) in [5.41, 5.74) is 3.62. The van der Waals surface area contributed by atoms with Gasteiger partial charge in [-0.25, -0.2) is 0 Å². The van der Waals surface area contributed by atoms with Crippen molar-refractivity contribution in [3.63, 3.8) is 0 Å². The molecule has 0 radical (unpaired) electrons. The summed E-state index contributed by atoms with van der Waals surface area (Å²) in [6, 6.07) is 6.19. The summed E-state index contributed by atoms with van der Waals surface area (Å²) in [5, 5.41) is 0. The van der Waals surface area contributed by atoms with Crippen molar-refractivity contribution >= 4 is 5.78 Å². The van der Waals surface area contributed by atoms with E-state index in [-0.39, 0.29) is 5.78 Å². The van der Waals surface area contributed by atoms with E-state index in [4.69, 9.17) is 4.74 Å². The van der Waals surface area contributed by atoms with Crippen LogP contribution in [0.3, 0.4) is 0 Å². The Balaban J connectivity index is 2.46. The van der Waals surface area contributed by atoms with Crippen molar-refractivity contribution < 1.29 is 9.53 Å². The number of Topliss-reactive ketones (excluding diaryl/α,β-unsaturated/α-hetero) is 1. The topological polar surface area (TPSA) is 26.3 Å². The Hall–Kier alpha value is -1.15. The van der Waals surface area contributed by atoms with Gasteiger partial charge in [0.05, 0.1) is 6.61 Å². The molecule has 0 amide bonds. The normalized spacial score (nSPS) is 10.4. The Morgan fingerprint density at radius 3 is 2.62 bits per heavy atom. The summed E-state index contributed by atoms with van der Waals surface area (Å²) in [6.45, 7) is 7.31. The van der Waals surface area contributed by atoms with Crippen molar-refractivity contribution in [2.45, 2.75) is 33.6 Å². The molecule has 1 rings (SSSR count). The van der Waals surface area contributed by atoms with E-state index in [9.17, 15) is 4.79 Å². The van der Waals surface area contributed by atoms with Crippen LogP contribution in [0.4, 0.5) is 0 Å². The largest absolute Gasteiger partial charge is 0.381 e. The lowest BCUT2D eigenvalue weighted by molar-refractivity contribution is -0.119. The Morgan fingerprint density at radius 2 is 2.00 bits per heavy atom. The maximum atomic E-state index is 11.6. The predicted octanol–water partition coefficient (Wildman–Crippen LogP) is 2.84. The SMILES string of the molecule is CCOCCC(=O)Cc1ccc(C)c(C)c1. The van der Waals surface area contributed by atoms with Crippen LogP contribution in [0, 0.1) is 13.8 Å². The van der Waals surface area contributed by atoms with Crippen LogP contribution >= 0.6 is 0 Å². The number of carbonyl (C=O) groups excluding carboxylic acids is 1. The summed E-state index contributed by atoms with van der Waals surface area (Å²) in [6.07, 6.45) is 1.04. The van der Waals surface area contributed by atoms with E-state index in [2.05, 4.69) is 26.0 Å². The molecule has 0 heterocycles. The van der Waals surface area contributed by atoms with E-state index >= 15 is 0 Å². The van der Waals surface area contributed by atoms with Crippen LogP contribution in [0.5, 0.6) is 0 Å². The average molecular weight is 220 g/mol. The van der Waals surface area contributed by atoms with Gasteiger partial charge in [-0.3, -0.25) is 4.79 Å². The number of ketones is 1. The van der Waals surface area contributed by atoms with E-state index in [0.29, 0.717) is 26.1 Å². The smallest absolute Gasteiger partial charge is 0.139 e. The minimum absolute atomic E-state index is 0.247. The molecule has 0 aliphatic heterocycles. The van der Waals surface area contributed by atoms with Crippen LogP contribution in [0.1, 0.15) is 30.0 Å². The van der Waals surface area contributed by atoms with Crippen LogP contribution < -0.4 is 0 Å². The van der Waals surface area contributed by atoms with Gasteiger partial charge in [-0.1, -0.05) is 18.2 Å². The van der Waals surface area contributed by atoms with Gasteiger partial charge in [0.1, 0.15) is 5.78 Å². The molecule has 1 aromatic rings. The molecule has 2 nitrogen and oxygen atoms in total. The Morgan fingerprint density at radius 1 is 1.25 bits per heavy atom.